The molecule has 1 aliphatic heterocycles. The SMILES string of the molecule is CCCCCC=CCC=CCC=CCCCCCC1(CCCCCC=CCC=CCC=CCCCCC)OCC(CCN(C)C)O1. The van der Waals surface area contributed by atoms with Gasteiger partial charge in [-0.2, -0.15) is 0 Å². The van der Waals surface area contributed by atoms with Crippen molar-refractivity contribution in [2.24, 2.45) is 0 Å². The molecular weight excluding hydrogens is 562 g/mol. The van der Waals surface area contributed by atoms with E-state index in [1.54, 1.807) is 0 Å². The van der Waals surface area contributed by atoms with Crippen LogP contribution in [0.4, 0.5) is 0 Å². The zero-order valence-electron chi connectivity index (χ0n) is 30.9. The van der Waals surface area contributed by atoms with Gasteiger partial charge in [-0.25, -0.2) is 0 Å². The Morgan fingerprint density at radius 3 is 1.30 bits per heavy atom. The molecule has 0 N–H and O–H groups in total. The van der Waals surface area contributed by atoms with Gasteiger partial charge in [-0.15, -0.1) is 0 Å². The highest BCUT2D eigenvalue weighted by Crippen LogP contribution is 2.35. The molecule has 1 fully saturated rings. The molecule has 46 heavy (non-hydrogen) atoms. The van der Waals surface area contributed by atoms with Gasteiger partial charge < -0.3 is 14.4 Å². The molecule has 1 heterocycles. The first-order valence-corrected chi connectivity index (χ1v) is 19.5. The van der Waals surface area contributed by atoms with Gasteiger partial charge in [-0.3, -0.25) is 0 Å². The van der Waals surface area contributed by atoms with E-state index < -0.39 is 0 Å². The fourth-order valence-electron chi connectivity index (χ4n) is 5.79. The van der Waals surface area contributed by atoms with E-state index in [9.17, 15) is 0 Å². The third kappa shape index (κ3) is 26.4. The smallest absolute Gasteiger partial charge is 0.168 e. The molecule has 0 saturated carbocycles. The maximum atomic E-state index is 6.65. The molecule has 1 aliphatic rings. The average Bonchev–Trinajstić information content (AvgIpc) is 3.46. The first-order valence-electron chi connectivity index (χ1n) is 19.5. The van der Waals surface area contributed by atoms with Crippen LogP contribution in [-0.4, -0.2) is 44.0 Å². The highest BCUT2D eigenvalue weighted by Gasteiger charge is 2.40. The number of unbranched alkanes of at least 4 members (excludes halogenated alkanes) is 12. The number of nitrogens with zero attached hydrogens (tertiary/aromatic N) is 1. The number of hydrogen-bond acceptors (Lipinski definition) is 3. The van der Waals surface area contributed by atoms with E-state index in [1.165, 1.54) is 103 Å². The molecule has 0 amide bonds. The van der Waals surface area contributed by atoms with E-state index in [4.69, 9.17) is 9.47 Å². The molecule has 0 aromatic heterocycles. The molecule has 3 nitrogen and oxygen atoms in total. The van der Waals surface area contributed by atoms with Gasteiger partial charge in [0, 0.05) is 19.4 Å². The van der Waals surface area contributed by atoms with Gasteiger partial charge in [-0.05, 0) is 110 Å². The lowest BCUT2D eigenvalue weighted by atomic mass is 9.99. The van der Waals surface area contributed by atoms with Crippen LogP contribution in [0.1, 0.15) is 162 Å². The molecule has 1 atom stereocenters. The fraction of sp³-hybridized carbons (Fsp3) is 0.721. The number of allylic oxidation sites excluding steroid dienone is 12. The molecule has 0 spiro atoms. The molecule has 0 aromatic rings. The van der Waals surface area contributed by atoms with Gasteiger partial charge in [0.15, 0.2) is 5.79 Å². The predicted octanol–water partition coefficient (Wildman–Crippen LogP) is 13.0. The summed E-state index contributed by atoms with van der Waals surface area (Å²) in [6, 6.07) is 0. The molecule has 1 rings (SSSR count). The van der Waals surface area contributed by atoms with E-state index >= 15 is 0 Å². The van der Waals surface area contributed by atoms with Crippen molar-refractivity contribution < 1.29 is 9.47 Å². The van der Waals surface area contributed by atoms with Crippen molar-refractivity contribution in [1.29, 1.82) is 0 Å². The molecule has 3 heteroatoms. The van der Waals surface area contributed by atoms with E-state index in [1.807, 2.05) is 0 Å². The Bertz CT molecular complexity index is 780. The van der Waals surface area contributed by atoms with Crippen LogP contribution < -0.4 is 0 Å². The Labute approximate surface area is 287 Å². The number of ether oxygens (including phenoxy) is 2. The minimum Gasteiger partial charge on any atom is -0.347 e. The fourth-order valence-corrected chi connectivity index (χ4v) is 5.79. The van der Waals surface area contributed by atoms with E-state index in [0.29, 0.717) is 0 Å². The number of hydrogen-bond donors (Lipinski definition) is 0. The zero-order valence-corrected chi connectivity index (χ0v) is 30.9. The van der Waals surface area contributed by atoms with Gasteiger partial charge in [0.25, 0.3) is 0 Å². The van der Waals surface area contributed by atoms with Crippen molar-refractivity contribution in [2.45, 2.75) is 173 Å². The lowest BCUT2D eigenvalue weighted by Crippen LogP contribution is -2.31. The summed E-state index contributed by atoms with van der Waals surface area (Å²) in [5.74, 6) is -0.354. The van der Waals surface area contributed by atoms with Crippen LogP contribution in [-0.2, 0) is 9.47 Å². The van der Waals surface area contributed by atoms with Crippen LogP contribution in [0.5, 0.6) is 0 Å². The molecule has 0 aliphatic carbocycles. The van der Waals surface area contributed by atoms with Crippen LogP contribution in [0, 0.1) is 0 Å². The maximum absolute atomic E-state index is 6.65. The summed E-state index contributed by atoms with van der Waals surface area (Å²) >= 11 is 0. The summed E-state index contributed by atoms with van der Waals surface area (Å²) in [6.07, 6.45) is 55.5. The topological polar surface area (TPSA) is 21.7 Å². The molecule has 0 bridgehead atoms. The van der Waals surface area contributed by atoms with Gasteiger partial charge >= 0.3 is 0 Å². The monoisotopic (exact) mass is 638 g/mol. The van der Waals surface area contributed by atoms with Gasteiger partial charge in [-0.1, -0.05) is 125 Å². The van der Waals surface area contributed by atoms with E-state index in [0.717, 1.165) is 58.1 Å². The van der Waals surface area contributed by atoms with Crippen molar-refractivity contribution in [1.82, 2.24) is 4.90 Å². The van der Waals surface area contributed by atoms with Crippen molar-refractivity contribution >= 4 is 0 Å². The molecule has 1 unspecified atom stereocenters. The lowest BCUT2D eigenvalue weighted by Gasteiger charge is -2.28. The van der Waals surface area contributed by atoms with Crippen LogP contribution >= 0.6 is 0 Å². The summed E-state index contributed by atoms with van der Waals surface area (Å²) in [6.45, 7) is 6.33. The van der Waals surface area contributed by atoms with Crippen molar-refractivity contribution in [2.75, 3.05) is 27.2 Å². The summed E-state index contributed by atoms with van der Waals surface area (Å²) < 4.78 is 13.1. The standard InChI is InChI=1S/C43H75NO2/c1-5-7-9-11-13-15-17-19-21-23-25-27-29-31-33-35-38-43(45-41-42(46-43)37-40-44(3)4)39-36-34-32-30-28-26-24-22-20-18-16-14-12-10-8-6-2/h13-16,19-22,25-28,42H,5-12,17-18,23-24,29-41H2,1-4H3. The molecule has 0 radical (unpaired) electrons. The van der Waals surface area contributed by atoms with Crippen molar-refractivity contribution in [3.05, 3.63) is 72.9 Å². The van der Waals surface area contributed by atoms with Crippen LogP contribution in [0.25, 0.3) is 0 Å². The molecular formula is C43H75NO2. The Kier molecular flexibility index (Phi) is 29.4. The Morgan fingerprint density at radius 2 is 0.913 bits per heavy atom. The maximum Gasteiger partial charge on any atom is 0.168 e. The molecule has 264 valence electrons. The molecule has 1 saturated heterocycles. The van der Waals surface area contributed by atoms with Crippen LogP contribution in [0.2, 0.25) is 0 Å². The first-order chi connectivity index (χ1) is 22.6. The highest BCUT2D eigenvalue weighted by atomic mass is 16.7. The highest BCUT2D eigenvalue weighted by molar-refractivity contribution is 4.98. The van der Waals surface area contributed by atoms with Crippen LogP contribution in [0.3, 0.4) is 0 Å². The quantitative estimate of drug-likeness (QED) is 0.0557. The van der Waals surface area contributed by atoms with Crippen molar-refractivity contribution in [3.8, 4) is 0 Å². The Morgan fingerprint density at radius 1 is 0.522 bits per heavy atom. The largest absolute Gasteiger partial charge is 0.347 e. The third-order valence-electron chi connectivity index (χ3n) is 8.71. The average molecular weight is 638 g/mol. The lowest BCUT2D eigenvalue weighted by molar-refractivity contribution is -0.180. The van der Waals surface area contributed by atoms with Crippen LogP contribution in [0.15, 0.2) is 72.9 Å². The van der Waals surface area contributed by atoms with Crippen molar-refractivity contribution in [3.63, 3.8) is 0 Å². The first kappa shape index (κ1) is 42.3. The van der Waals surface area contributed by atoms with Gasteiger partial charge in [0.1, 0.15) is 0 Å². The minimum atomic E-state index is -0.354. The third-order valence-corrected chi connectivity index (χ3v) is 8.71. The Balaban J connectivity index is 2.24. The normalized spacial score (nSPS) is 19.4. The van der Waals surface area contributed by atoms with E-state index in [-0.39, 0.29) is 11.9 Å². The summed E-state index contributed by atoms with van der Waals surface area (Å²) in [4.78, 5) is 2.25. The predicted molar refractivity (Wildman–Crippen MR) is 204 cm³/mol. The summed E-state index contributed by atoms with van der Waals surface area (Å²) in [5.41, 5.74) is 0. The van der Waals surface area contributed by atoms with Gasteiger partial charge in [0.2, 0.25) is 0 Å². The zero-order chi connectivity index (χ0) is 33.2. The second kappa shape index (κ2) is 31.9. The number of rotatable bonds is 31. The second-order valence-corrected chi connectivity index (χ2v) is 13.5. The Hall–Kier alpha value is -1.68. The minimum absolute atomic E-state index is 0.238. The molecule has 0 aromatic carbocycles. The summed E-state index contributed by atoms with van der Waals surface area (Å²) in [5, 5.41) is 0. The summed E-state index contributed by atoms with van der Waals surface area (Å²) in [7, 11) is 4.28. The van der Waals surface area contributed by atoms with Gasteiger partial charge in [0.05, 0.1) is 12.7 Å². The second-order valence-electron chi connectivity index (χ2n) is 13.5. The van der Waals surface area contributed by atoms with E-state index in [2.05, 4.69) is 106 Å².